The van der Waals surface area contributed by atoms with Crippen LogP contribution in [0.3, 0.4) is 0 Å². The number of methoxy groups -OCH3 is 4. The quantitative estimate of drug-likeness (QED) is 0.665. The first-order valence-corrected chi connectivity index (χ1v) is 9.06. The number of fused-ring (bicyclic) bond motifs is 1. The molecule has 3 rings (SSSR count). The SMILES string of the molecule is C=CCC1=C[C@@]2(OC)C(=CC1=O)O[C@H](c1cc(OC)c(OC)c(OC)c1)[C@@H]2C. The van der Waals surface area contributed by atoms with E-state index in [1.165, 1.54) is 6.08 Å². The fraction of sp³-hybridized carbons (Fsp3) is 0.409. The van der Waals surface area contributed by atoms with E-state index in [0.717, 1.165) is 5.56 Å². The second-order valence-electron chi connectivity index (χ2n) is 6.82. The minimum absolute atomic E-state index is 0.0830. The molecular formula is C22H26O6. The summed E-state index contributed by atoms with van der Waals surface area (Å²) in [6.07, 6.45) is 5.23. The molecular weight excluding hydrogens is 360 g/mol. The summed E-state index contributed by atoms with van der Waals surface area (Å²) in [6.45, 7) is 5.77. The van der Waals surface area contributed by atoms with Crippen molar-refractivity contribution in [2.24, 2.45) is 5.92 Å². The molecule has 0 radical (unpaired) electrons. The van der Waals surface area contributed by atoms with E-state index < -0.39 is 5.60 Å². The van der Waals surface area contributed by atoms with Gasteiger partial charge in [0.2, 0.25) is 5.75 Å². The van der Waals surface area contributed by atoms with Crippen LogP contribution in [-0.4, -0.2) is 39.8 Å². The van der Waals surface area contributed by atoms with Crippen LogP contribution in [-0.2, 0) is 14.3 Å². The summed E-state index contributed by atoms with van der Waals surface area (Å²) in [5, 5.41) is 0. The number of carbonyl (C=O) groups excluding carboxylic acids is 1. The highest BCUT2D eigenvalue weighted by Crippen LogP contribution is 2.53. The number of benzene rings is 1. The van der Waals surface area contributed by atoms with Crippen LogP contribution >= 0.6 is 0 Å². The van der Waals surface area contributed by atoms with Crippen LogP contribution in [0.25, 0.3) is 0 Å². The van der Waals surface area contributed by atoms with E-state index in [0.29, 0.717) is 35.0 Å². The maximum absolute atomic E-state index is 12.4. The summed E-state index contributed by atoms with van der Waals surface area (Å²) < 4.78 is 28.5. The van der Waals surface area contributed by atoms with Crippen LogP contribution in [0.1, 0.15) is 25.0 Å². The van der Waals surface area contributed by atoms with Crippen LogP contribution in [0, 0.1) is 5.92 Å². The van der Waals surface area contributed by atoms with Gasteiger partial charge < -0.3 is 23.7 Å². The number of ketones is 1. The van der Waals surface area contributed by atoms with Crippen molar-refractivity contribution >= 4 is 5.78 Å². The summed E-state index contributed by atoms with van der Waals surface area (Å²) in [6, 6.07) is 3.72. The maximum atomic E-state index is 12.4. The third-order valence-corrected chi connectivity index (χ3v) is 5.45. The van der Waals surface area contributed by atoms with Crippen LogP contribution < -0.4 is 14.2 Å². The molecule has 2 aliphatic rings. The Labute approximate surface area is 165 Å². The summed E-state index contributed by atoms with van der Waals surface area (Å²) in [5.41, 5.74) is 0.693. The van der Waals surface area contributed by atoms with Crippen LogP contribution in [0.4, 0.5) is 0 Å². The molecule has 1 aliphatic heterocycles. The predicted octanol–water partition coefficient (Wildman–Crippen LogP) is 3.77. The Morgan fingerprint density at radius 1 is 1.14 bits per heavy atom. The first kappa shape index (κ1) is 20.0. The van der Waals surface area contributed by atoms with Crippen LogP contribution in [0.5, 0.6) is 17.2 Å². The normalized spacial score (nSPS) is 26.0. The average Bonchev–Trinajstić information content (AvgIpc) is 2.99. The lowest BCUT2D eigenvalue weighted by molar-refractivity contribution is -0.112. The van der Waals surface area contributed by atoms with Gasteiger partial charge in [-0.2, -0.15) is 0 Å². The molecule has 0 saturated carbocycles. The Hall–Kier alpha value is -2.73. The Morgan fingerprint density at radius 3 is 2.29 bits per heavy atom. The molecule has 150 valence electrons. The largest absolute Gasteiger partial charge is 0.493 e. The second kappa shape index (κ2) is 7.72. The summed E-state index contributed by atoms with van der Waals surface area (Å²) >= 11 is 0. The lowest BCUT2D eigenvalue weighted by Crippen LogP contribution is -2.38. The van der Waals surface area contributed by atoms with E-state index in [9.17, 15) is 4.79 Å². The van der Waals surface area contributed by atoms with Gasteiger partial charge in [0, 0.05) is 30.2 Å². The Kier molecular flexibility index (Phi) is 5.52. The average molecular weight is 386 g/mol. The Morgan fingerprint density at radius 2 is 1.79 bits per heavy atom. The second-order valence-corrected chi connectivity index (χ2v) is 6.82. The molecule has 1 aliphatic carbocycles. The van der Waals surface area contributed by atoms with E-state index >= 15 is 0 Å². The standard InChI is InChI=1S/C22H26O6/c1-7-8-14-12-22(27-6)13(2)20(28-19(22)11-16(14)23)15-9-17(24-3)21(26-5)18(10-15)25-4/h7,9-13,20H,1,8H2,2-6H3/t13-,20-,22-/m0/s1. The fourth-order valence-corrected chi connectivity index (χ4v) is 3.95. The zero-order valence-electron chi connectivity index (χ0n) is 16.9. The molecule has 1 saturated heterocycles. The highest BCUT2D eigenvalue weighted by Gasteiger charge is 2.54. The molecule has 0 bridgehead atoms. The molecule has 1 aromatic carbocycles. The molecule has 6 nitrogen and oxygen atoms in total. The number of hydrogen-bond donors (Lipinski definition) is 0. The van der Waals surface area contributed by atoms with Gasteiger partial charge in [-0.15, -0.1) is 6.58 Å². The van der Waals surface area contributed by atoms with E-state index in [1.807, 2.05) is 25.1 Å². The smallest absolute Gasteiger partial charge is 0.203 e. The van der Waals surface area contributed by atoms with Gasteiger partial charge in [-0.05, 0) is 24.6 Å². The van der Waals surface area contributed by atoms with Gasteiger partial charge in [-0.1, -0.05) is 13.0 Å². The monoisotopic (exact) mass is 386 g/mol. The van der Waals surface area contributed by atoms with Crippen molar-refractivity contribution in [3.63, 3.8) is 0 Å². The number of ether oxygens (including phenoxy) is 5. The highest BCUT2D eigenvalue weighted by atomic mass is 16.6. The predicted molar refractivity (Wildman–Crippen MR) is 105 cm³/mol. The van der Waals surface area contributed by atoms with Crippen molar-refractivity contribution in [2.75, 3.05) is 28.4 Å². The zero-order valence-corrected chi connectivity index (χ0v) is 16.9. The first-order chi connectivity index (χ1) is 13.4. The molecule has 1 aromatic rings. The lowest BCUT2D eigenvalue weighted by Gasteiger charge is -2.31. The Balaban J connectivity index is 2.08. The highest BCUT2D eigenvalue weighted by molar-refractivity contribution is 6.06. The summed E-state index contributed by atoms with van der Waals surface area (Å²) in [5.74, 6) is 1.93. The first-order valence-electron chi connectivity index (χ1n) is 9.06. The molecule has 0 unspecified atom stereocenters. The van der Waals surface area contributed by atoms with Crippen LogP contribution in [0.15, 0.2) is 48.3 Å². The number of allylic oxidation sites excluding steroid dienone is 3. The van der Waals surface area contributed by atoms with E-state index in [-0.39, 0.29) is 17.8 Å². The molecule has 6 heteroatoms. The maximum Gasteiger partial charge on any atom is 0.203 e. The third kappa shape index (κ3) is 2.98. The third-order valence-electron chi connectivity index (χ3n) is 5.45. The molecule has 0 N–H and O–H groups in total. The lowest BCUT2D eigenvalue weighted by atomic mass is 9.78. The minimum Gasteiger partial charge on any atom is -0.493 e. The van der Waals surface area contributed by atoms with Crippen molar-refractivity contribution in [2.45, 2.75) is 25.0 Å². The van der Waals surface area contributed by atoms with Crippen molar-refractivity contribution in [1.82, 2.24) is 0 Å². The molecule has 0 spiro atoms. The minimum atomic E-state index is -0.808. The van der Waals surface area contributed by atoms with Gasteiger partial charge >= 0.3 is 0 Å². The van der Waals surface area contributed by atoms with Gasteiger partial charge in [0.15, 0.2) is 17.3 Å². The van der Waals surface area contributed by atoms with Gasteiger partial charge in [0.1, 0.15) is 17.5 Å². The summed E-state index contributed by atoms with van der Waals surface area (Å²) in [7, 11) is 6.33. The van der Waals surface area contributed by atoms with Gasteiger partial charge in [0.25, 0.3) is 0 Å². The Bertz CT molecular complexity index is 828. The zero-order chi connectivity index (χ0) is 20.5. The summed E-state index contributed by atoms with van der Waals surface area (Å²) in [4.78, 5) is 12.4. The molecule has 1 heterocycles. The van der Waals surface area contributed by atoms with E-state index in [1.54, 1.807) is 34.5 Å². The molecule has 3 atom stereocenters. The van der Waals surface area contributed by atoms with Crippen molar-refractivity contribution < 1.29 is 28.5 Å². The van der Waals surface area contributed by atoms with Crippen molar-refractivity contribution in [1.29, 1.82) is 0 Å². The van der Waals surface area contributed by atoms with Crippen molar-refractivity contribution in [3.8, 4) is 17.2 Å². The molecule has 0 amide bonds. The number of carbonyl (C=O) groups is 1. The van der Waals surface area contributed by atoms with Crippen molar-refractivity contribution in [3.05, 3.63) is 53.8 Å². The molecule has 0 aromatic heterocycles. The fourth-order valence-electron chi connectivity index (χ4n) is 3.95. The number of hydrogen-bond acceptors (Lipinski definition) is 6. The number of rotatable bonds is 7. The van der Waals surface area contributed by atoms with E-state index in [2.05, 4.69) is 6.58 Å². The van der Waals surface area contributed by atoms with Crippen LogP contribution in [0.2, 0.25) is 0 Å². The van der Waals surface area contributed by atoms with Gasteiger partial charge in [-0.3, -0.25) is 4.79 Å². The molecule has 1 fully saturated rings. The van der Waals surface area contributed by atoms with Gasteiger partial charge in [-0.25, -0.2) is 0 Å². The molecule has 28 heavy (non-hydrogen) atoms. The van der Waals surface area contributed by atoms with E-state index in [4.69, 9.17) is 23.7 Å². The topological polar surface area (TPSA) is 63.2 Å². The van der Waals surface area contributed by atoms with Gasteiger partial charge in [0.05, 0.1) is 21.3 Å².